The molecular weight excluding hydrogens is 240 g/mol. The normalized spacial score (nSPS) is 16.3. The van der Waals surface area contributed by atoms with E-state index in [1.807, 2.05) is 13.0 Å². The second kappa shape index (κ2) is 7.21. The van der Waals surface area contributed by atoms with E-state index in [0.717, 1.165) is 51.4 Å². The van der Waals surface area contributed by atoms with Crippen molar-refractivity contribution in [1.29, 1.82) is 0 Å². The highest BCUT2D eigenvalue weighted by Crippen LogP contribution is 2.00. The third-order valence-electron chi connectivity index (χ3n) is 3.31. The van der Waals surface area contributed by atoms with Gasteiger partial charge < -0.3 is 15.5 Å². The number of amides is 1. The topological polar surface area (TPSA) is 57.3 Å². The Bertz CT molecular complexity index is 416. The molecule has 0 radical (unpaired) electrons. The van der Waals surface area contributed by atoms with Crippen LogP contribution in [0.25, 0.3) is 0 Å². The fraction of sp³-hybridized carbons (Fsp3) is 0.571. The van der Waals surface area contributed by atoms with Gasteiger partial charge in [-0.25, -0.2) is 0 Å². The lowest BCUT2D eigenvalue weighted by Gasteiger charge is -2.27. The molecule has 0 unspecified atom stereocenters. The first-order chi connectivity index (χ1) is 9.25. The number of aromatic nitrogens is 1. The minimum atomic E-state index is -0.00851. The standard InChI is InChI=1S/C14H22N4O/c1-12-11-13(3-5-16-12)14(19)17-4-2-8-18-9-6-15-7-10-18/h3,5,11,15H,2,4,6-10H2,1H3,(H,17,19). The van der Waals surface area contributed by atoms with Crippen molar-refractivity contribution in [1.82, 2.24) is 20.5 Å². The summed E-state index contributed by atoms with van der Waals surface area (Å²) >= 11 is 0. The minimum Gasteiger partial charge on any atom is -0.352 e. The molecule has 1 fully saturated rings. The Morgan fingerprint density at radius 3 is 3.00 bits per heavy atom. The number of rotatable bonds is 5. The van der Waals surface area contributed by atoms with E-state index in [0.29, 0.717) is 5.56 Å². The van der Waals surface area contributed by atoms with Gasteiger partial charge in [-0.05, 0) is 32.0 Å². The molecular formula is C14H22N4O. The highest BCUT2D eigenvalue weighted by atomic mass is 16.1. The van der Waals surface area contributed by atoms with E-state index in [1.165, 1.54) is 0 Å². The van der Waals surface area contributed by atoms with Gasteiger partial charge in [0, 0.05) is 50.2 Å². The maximum atomic E-state index is 11.9. The zero-order chi connectivity index (χ0) is 13.5. The molecule has 104 valence electrons. The largest absolute Gasteiger partial charge is 0.352 e. The molecule has 0 aliphatic carbocycles. The van der Waals surface area contributed by atoms with Crippen molar-refractivity contribution in [2.45, 2.75) is 13.3 Å². The molecule has 0 saturated carbocycles. The molecule has 5 nitrogen and oxygen atoms in total. The maximum Gasteiger partial charge on any atom is 0.251 e. The van der Waals surface area contributed by atoms with Gasteiger partial charge in [-0.3, -0.25) is 9.78 Å². The molecule has 0 atom stereocenters. The molecule has 1 saturated heterocycles. The Hall–Kier alpha value is -1.46. The van der Waals surface area contributed by atoms with Gasteiger partial charge in [0.05, 0.1) is 0 Å². The fourth-order valence-corrected chi connectivity index (χ4v) is 2.23. The lowest BCUT2D eigenvalue weighted by molar-refractivity contribution is 0.0951. The number of nitrogens with zero attached hydrogens (tertiary/aromatic N) is 2. The molecule has 5 heteroatoms. The quantitative estimate of drug-likeness (QED) is 0.755. The van der Waals surface area contributed by atoms with Crippen LogP contribution in [0.2, 0.25) is 0 Å². The van der Waals surface area contributed by atoms with Crippen LogP contribution in [0, 0.1) is 6.92 Å². The van der Waals surface area contributed by atoms with E-state index >= 15 is 0 Å². The number of pyridine rings is 1. The lowest BCUT2D eigenvalue weighted by Crippen LogP contribution is -2.44. The summed E-state index contributed by atoms with van der Waals surface area (Å²) in [5, 5.41) is 6.29. The summed E-state index contributed by atoms with van der Waals surface area (Å²) in [5.41, 5.74) is 1.56. The van der Waals surface area contributed by atoms with Gasteiger partial charge in [0.15, 0.2) is 0 Å². The van der Waals surface area contributed by atoms with Crippen LogP contribution in [0.5, 0.6) is 0 Å². The predicted molar refractivity (Wildman–Crippen MR) is 75.2 cm³/mol. The van der Waals surface area contributed by atoms with Crippen LogP contribution in [-0.4, -0.2) is 55.1 Å². The average molecular weight is 262 g/mol. The molecule has 1 amide bonds. The maximum absolute atomic E-state index is 11.9. The van der Waals surface area contributed by atoms with E-state index in [1.54, 1.807) is 12.3 Å². The second-order valence-electron chi connectivity index (χ2n) is 4.89. The van der Waals surface area contributed by atoms with Crippen LogP contribution >= 0.6 is 0 Å². The molecule has 2 heterocycles. The molecule has 1 aromatic rings. The van der Waals surface area contributed by atoms with Gasteiger partial charge in [-0.2, -0.15) is 0 Å². The molecule has 2 N–H and O–H groups in total. The monoisotopic (exact) mass is 262 g/mol. The van der Waals surface area contributed by atoms with E-state index < -0.39 is 0 Å². The van der Waals surface area contributed by atoms with Gasteiger partial charge in [-0.1, -0.05) is 0 Å². The van der Waals surface area contributed by atoms with Crippen LogP contribution in [-0.2, 0) is 0 Å². The van der Waals surface area contributed by atoms with Crippen molar-refractivity contribution < 1.29 is 4.79 Å². The first kappa shape index (κ1) is 14.0. The number of nitrogens with one attached hydrogen (secondary N) is 2. The van der Waals surface area contributed by atoms with Gasteiger partial charge in [-0.15, -0.1) is 0 Å². The summed E-state index contributed by atoms with van der Waals surface area (Å²) in [6.07, 6.45) is 2.67. The highest BCUT2D eigenvalue weighted by molar-refractivity contribution is 5.94. The van der Waals surface area contributed by atoms with Crippen LogP contribution in [0.15, 0.2) is 18.3 Å². The summed E-state index contributed by atoms with van der Waals surface area (Å²) in [7, 11) is 0. The van der Waals surface area contributed by atoms with Gasteiger partial charge in [0.25, 0.3) is 5.91 Å². The average Bonchev–Trinajstić information content (AvgIpc) is 2.44. The summed E-state index contributed by atoms with van der Waals surface area (Å²) in [6, 6.07) is 3.56. The van der Waals surface area contributed by atoms with E-state index in [9.17, 15) is 4.79 Å². The Kier molecular flexibility index (Phi) is 5.30. The number of hydrogen-bond acceptors (Lipinski definition) is 4. The number of hydrogen-bond donors (Lipinski definition) is 2. The first-order valence-electron chi connectivity index (χ1n) is 6.89. The number of carbonyl (C=O) groups excluding carboxylic acids is 1. The van der Waals surface area contributed by atoms with E-state index in [-0.39, 0.29) is 5.91 Å². The van der Waals surface area contributed by atoms with Crippen LogP contribution in [0.4, 0.5) is 0 Å². The smallest absolute Gasteiger partial charge is 0.251 e. The van der Waals surface area contributed by atoms with Crippen molar-refractivity contribution in [3.05, 3.63) is 29.6 Å². The molecule has 1 aliphatic heterocycles. The Morgan fingerprint density at radius 2 is 2.26 bits per heavy atom. The van der Waals surface area contributed by atoms with E-state index in [2.05, 4.69) is 20.5 Å². The van der Waals surface area contributed by atoms with E-state index in [4.69, 9.17) is 0 Å². The Labute approximate surface area is 114 Å². The summed E-state index contributed by atoms with van der Waals surface area (Å²) in [4.78, 5) is 18.4. The zero-order valence-corrected chi connectivity index (χ0v) is 11.5. The van der Waals surface area contributed by atoms with Crippen molar-refractivity contribution in [2.24, 2.45) is 0 Å². The molecule has 1 aromatic heterocycles. The molecule has 1 aliphatic rings. The van der Waals surface area contributed by atoms with Crippen LogP contribution in [0.1, 0.15) is 22.5 Å². The summed E-state index contributed by atoms with van der Waals surface area (Å²) in [5.74, 6) is -0.00851. The van der Waals surface area contributed by atoms with Crippen molar-refractivity contribution in [3.8, 4) is 0 Å². The zero-order valence-electron chi connectivity index (χ0n) is 11.5. The second-order valence-corrected chi connectivity index (χ2v) is 4.89. The molecule has 0 spiro atoms. The third-order valence-corrected chi connectivity index (χ3v) is 3.31. The number of aryl methyl sites for hydroxylation is 1. The van der Waals surface area contributed by atoms with Gasteiger partial charge >= 0.3 is 0 Å². The van der Waals surface area contributed by atoms with Crippen LogP contribution in [0.3, 0.4) is 0 Å². The fourth-order valence-electron chi connectivity index (χ4n) is 2.23. The molecule has 0 bridgehead atoms. The Balaban J connectivity index is 1.66. The summed E-state index contributed by atoms with van der Waals surface area (Å²) < 4.78 is 0. The molecule has 2 rings (SSSR count). The number of piperazine rings is 1. The van der Waals surface area contributed by atoms with Crippen molar-refractivity contribution in [3.63, 3.8) is 0 Å². The van der Waals surface area contributed by atoms with Crippen molar-refractivity contribution >= 4 is 5.91 Å². The van der Waals surface area contributed by atoms with Crippen LogP contribution < -0.4 is 10.6 Å². The lowest BCUT2D eigenvalue weighted by atomic mass is 10.2. The molecule has 19 heavy (non-hydrogen) atoms. The number of carbonyl (C=O) groups is 1. The SMILES string of the molecule is Cc1cc(C(=O)NCCCN2CCNCC2)ccn1. The predicted octanol–water partition coefficient (Wildman–Crippen LogP) is 0.415. The third kappa shape index (κ3) is 4.61. The highest BCUT2D eigenvalue weighted by Gasteiger charge is 2.09. The van der Waals surface area contributed by atoms with Gasteiger partial charge in [0.1, 0.15) is 0 Å². The minimum absolute atomic E-state index is 0.00851. The molecule has 0 aromatic carbocycles. The summed E-state index contributed by atoms with van der Waals surface area (Å²) in [6.45, 7) is 8.03. The Morgan fingerprint density at radius 1 is 1.47 bits per heavy atom. The van der Waals surface area contributed by atoms with Gasteiger partial charge in [0.2, 0.25) is 0 Å². The van der Waals surface area contributed by atoms with Crippen molar-refractivity contribution in [2.75, 3.05) is 39.3 Å². The first-order valence-corrected chi connectivity index (χ1v) is 6.89.